The summed E-state index contributed by atoms with van der Waals surface area (Å²) in [6.07, 6.45) is 0. The third-order valence-electron chi connectivity index (χ3n) is 1.82. The monoisotopic (exact) mass is 201 g/mol. The second kappa shape index (κ2) is 3.64. The number of carbonyl (C=O) groups is 1. The number of hydrogen-bond acceptors (Lipinski definition) is 6. The predicted molar refractivity (Wildman–Crippen MR) is 52.5 cm³/mol. The second-order valence-corrected chi connectivity index (χ2v) is 2.79. The first-order valence-electron chi connectivity index (χ1n) is 3.93. The highest BCUT2D eigenvalue weighted by Gasteiger charge is 2.18. The largest absolute Gasteiger partial charge is 0.396 e. The first-order chi connectivity index (χ1) is 7.02. The van der Waals surface area contributed by atoms with E-state index in [0.29, 0.717) is 0 Å². The minimum Gasteiger partial charge on any atom is -0.396 e. The first-order valence-corrected chi connectivity index (χ1v) is 3.93. The highest BCUT2D eigenvalue weighted by molar-refractivity contribution is 5.97. The van der Waals surface area contributed by atoms with Crippen molar-refractivity contribution in [1.82, 2.24) is 4.98 Å². The van der Waals surface area contributed by atoms with E-state index in [-0.39, 0.29) is 28.3 Å². The van der Waals surface area contributed by atoms with Gasteiger partial charge in [-0.3, -0.25) is 4.79 Å². The molecule has 1 aromatic heterocycles. The highest BCUT2D eigenvalue weighted by atomic mass is 16.1. The molecule has 0 aliphatic rings. The van der Waals surface area contributed by atoms with Crippen molar-refractivity contribution in [2.75, 3.05) is 11.5 Å². The molecule has 0 bridgehead atoms. The van der Waals surface area contributed by atoms with Gasteiger partial charge in [0.05, 0.1) is 5.69 Å². The van der Waals surface area contributed by atoms with E-state index in [0.717, 1.165) is 0 Å². The number of Topliss-reactive ketones (excluding diaryl/α,β-unsaturated/α-hetero) is 1. The van der Waals surface area contributed by atoms with E-state index in [4.69, 9.17) is 22.0 Å². The number of nitrogens with two attached hydrogens (primary N) is 2. The number of nitrogen functional groups attached to an aromatic ring is 2. The second-order valence-electron chi connectivity index (χ2n) is 2.79. The van der Waals surface area contributed by atoms with Crippen LogP contribution in [0.1, 0.15) is 28.5 Å². The summed E-state index contributed by atoms with van der Waals surface area (Å²) in [6, 6.07) is 3.46. The summed E-state index contributed by atoms with van der Waals surface area (Å²) < 4.78 is 0. The summed E-state index contributed by atoms with van der Waals surface area (Å²) in [7, 11) is 0. The van der Waals surface area contributed by atoms with Crippen LogP contribution >= 0.6 is 0 Å². The molecule has 0 atom stereocenters. The Morgan fingerprint density at radius 3 is 2.20 bits per heavy atom. The van der Waals surface area contributed by atoms with Crippen LogP contribution in [-0.2, 0) is 0 Å². The van der Waals surface area contributed by atoms with Crippen molar-refractivity contribution < 1.29 is 4.79 Å². The third kappa shape index (κ3) is 1.56. The number of nitrogens with zero attached hydrogens (tertiary/aromatic N) is 3. The molecule has 0 aromatic carbocycles. The first kappa shape index (κ1) is 10.5. The van der Waals surface area contributed by atoms with E-state index in [2.05, 4.69) is 4.98 Å². The molecule has 0 unspecified atom stereocenters. The normalized spacial score (nSPS) is 9.00. The fourth-order valence-corrected chi connectivity index (χ4v) is 1.11. The minimum absolute atomic E-state index is 0.0726. The van der Waals surface area contributed by atoms with Crippen molar-refractivity contribution in [3.05, 3.63) is 16.8 Å². The van der Waals surface area contributed by atoms with Gasteiger partial charge >= 0.3 is 0 Å². The van der Waals surface area contributed by atoms with E-state index >= 15 is 0 Å². The molecule has 6 nitrogen and oxygen atoms in total. The van der Waals surface area contributed by atoms with Gasteiger partial charge in [-0.2, -0.15) is 10.5 Å². The van der Waals surface area contributed by atoms with E-state index in [1.807, 2.05) is 0 Å². The Morgan fingerprint density at radius 1 is 1.27 bits per heavy atom. The molecule has 1 rings (SSSR count). The Kier molecular flexibility index (Phi) is 2.54. The summed E-state index contributed by atoms with van der Waals surface area (Å²) >= 11 is 0. The molecule has 0 saturated heterocycles. The van der Waals surface area contributed by atoms with E-state index in [1.165, 1.54) is 6.92 Å². The van der Waals surface area contributed by atoms with Gasteiger partial charge in [-0.15, -0.1) is 0 Å². The summed E-state index contributed by atoms with van der Waals surface area (Å²) in [5, 5.41) is 17.5. The number of pyridine rings is 1. The van der Waals surface area contributed by atoms with Crippen molar-refractivity contribution in [3.63, 3.8) is 0 Å². The van der Waals surface area contributed by atoms with Crippen LogP contribution in [0.15, 0.2) is 0 Å². The van der Waals surface area contributed by atoms with E-state index in [9.17, 15) is 4.79 Å². The molecule has 0 fully saturated rings. The quantitative estimate of drug-likeness (QED) is 0.624. The van der Waals surface area contributed by atoms with Crippen LogP contribution in [0.5, 0.6) is 0 Å². The van der Waals surface area contributed by atoms with Crippen molar-refractivity contribution in [2.24, 2.45) is 0 Å². The predicted octanol–water partition coefficient (Wildman–Crippen LogP) is 0.192. The summed E-state index contributed by atoms with van der Waals surface area (Å²) in [5.74, 6) is -0.561. The van der Waals surface area contributed by atoms with Gasteiger partial charge in [0.25, 0.3) is 0 Å². The molecule has 0 spiro atoms. The van der Waals surface area contributed by atoms with Gasteiger partial charge in [0.2, 0.25) is 0 Å². The summed E-state index contributed by atoms with van der Waals surface area (Å²) in [5.41, 5.74) is 10.6. The van der Waals surface area contributed by atoms with E-state index < -0.39 is 5.78 Å². The fraction of sp³-hybridized carbons (Fsp3) is 0.111. The molecule has 4 N–H and O–H groups in total. The lowest BCUT2D eigenvalue weighted by molar-refractivity contribution is 0.101. The van der Waals surface area contributed by atoms with Crippen molar-refractivity contribution in [1.29, 1.82) is 10.5 Å². The average molecular weight is 201 g/mol. The molecule has 0 saturated carbocycles. The van der Waals surface area contributed by atoms with Crippen LogP contribution in [0, 0.1) is 22.7 Å². The lowest BCUT2D eigenvalue weighted by Crippen LogP contribution is -2.10. The van der Waals surface area contributed by atoms with Crippen LogP contribution in [0.25, 0.3) is 0 Å². The van der Waals surface area contributed by atoms with Crippen LogP contribution in [0.3, 0.4) is 0 Å². The Hall–Kier alpha value is -2.60. The summed E-state index contributed by atoms with van der Waals surface area (Å²) in [4.78, 5) is 14.8. The van der Waals surface area contributed by atoms with Crippen molar-refractivity contribution in [3.8, 4) is 12.1 Å². The summed E-state index contributed by atoms with van der Waals surface area (Å²) in [6.45, 7) is 1.24. The SMILES string of the molecule is CC(=O)c1nc(N)c(C#N)c(N)c1C#N. The van der Waals surface area contributed by atoms with E-state index in [1.54, 1.807) is 12.1 Å². The maximum atomic E-state index is 11.1. The van der Waals surface area contributed by atoms with Crippen molar-refractivity contribution in [2.45, 2.75) is 6.92 Å². The molecular weight excluding hydrogens is 194 g/mol. The smallest absolute Gasteiger partial charge is 0.179 e. The number of rotatable bonds is 1. The number of aromatic nitrogens is 1. The number of nitriles is 2. The number of carbonyl (C=O) groups excluding carboxylic acids is 1. The highest BCUT2D eigenvalue weighted by Crippen LogP contribution is 2.23. The van der Waals surface area contributed by atoms with Gasteiger partial charge in [0, 0.05) is 6.92 Å². The van der Waals surface area contributed by atoms with Gasteiger partial charge in [-0.1, -0.05) is 0 Å². The molecule has 74 valence electrons. The van der Waals surface area contributed by atoms with Gasteiger partial charge in [-0.05, 0) is 0 Å². The lowest BCUT2D eigenvalue weighted by Gasteiger charge is -2.06. The van der Waals surface area contributed by atoms with Gasteiger partial charge in [-0.25, -0.2) is 4.98 Å². The van der Waals surface area contributed by atoms with Crippen LogP contribution < -0.4 is 11.5 Å². The molecule has 0 aliphatic heterocycles. The lowest BCUT2D eigenvalue weighted by atomic mass is 10.1. The number of anilines is 2. The number of hydrogen-bond donors (Lipinski definition) is 2. The zero-order chi connectivity index (χ0) is 11.6. The average Bonchev–Trinajstić information content (AvgIpc) is 2.17. The Labute approximate surface area is 85.7 Å². The van der Waals surface area contributed by atoms with Crippen LogP contribution in [0.4, 0.5) is 11.5 Å². The van der Waals surface area contributed by atoms with Crippen LogP contribution in [-0.4, -0.2) is 10.8 Å². The molecule has 1 heterocycles. The fourth-order valence-electron chi connectivity index (χ4n) is 1.11. The zero-order valence-corrected chi connectivity index (χ0v) is 7.90. The Bertz CT molecular complexity index is 521. The Balaban J connectivity index is 3.70. The molecule has 0 aliphatic carbocycles. The van der Waals surface area contributed by atoms with Gasteiger partial charge in [0.15, 0.2) is 5.78 Å². The van der Waals surface area contributed by atoms with Gasteiger partial charge in [0.1, 0.15) is 34.8 Å². The topological polar surface area (TPSA) is 130 Å². The van der Waals surface area contributed by atoms with Crippen LogP contribution in [0.2, 0.25) is 0 Å². The molecule has 15 heavy (non-hydrogen) atoms. The molecule has 0 amide bonds. The molecule has 6 heteroatoms. The molecular formula is C9H7N5O. The van der Waals surface area contributed by atoms with Crippen molar-refractivity contribution >= 4 is 17.3 Å². The maximum absolute atomic E-state index is 11.1. The Morgan fingerprint density at radius 2 is 1.80 bits per heavy atom. The minimum atomic E-state index is -0.422. The molecule has 0 radical (unpaired) electrons. The third-order valence-corrected chi connectivity index (χ3v) is 1.82. The molecule has 1 aromatic rings. The standard InChI is InChI=1S/C9H7N5O/c1-4(15)8-5(2-10)7(12)6(3-11)9(13)14-8/h1H3,(H4,12,13,14). The number of ketones is 1. The maximum Gasteiger partial charge on any atom is 0.179 e. The zero-order valence-electron chi connectivity index (χ0n) is 7.90. The van der Waals surface area contributed by atoms with Gasteiger partial charge < -0.3 is 11.5 Å².